The van der Waals surface area contributed by atoms with Gasteiger partial charge in [0.1, 0.15) is 0 Å². The van der Waals surface area contributed by atoms with Crippen LogP contribution < -0.4 is 11.1 Å². The number of nitrogens with one attached hydrogen (secondary N) is 1. The average Bonchev–Trinajstić information content (AvgIpc) is 2.46. The van der Waals surface area contributed by atoms with Crippen LogP contribution in [0.1, 0.15) is 20.3 Å². The van der Waals surface area contributed by atoms with E-state index in [4.69, 9.17) is 5.73 Å². The van der Waals surface area contributed by atoms with Crippen LogP contribution in [-0.2, 0) is 4.79 Å². The number of aromatic nitrogens is 1. The second-order valence-corrected chi connectivity index (χ2v) is 4.95. The van der Waals surface area contributed by atoms with Gasteiger partial charge in [-0.15, -0.1) is 0 Å². The predicted octanol–water partition coefficient (Wildman–Crippen LogP) is 2.55. The minimum Gasteiger partial charge on any atom is -0.329 e. The quantitative estimate of drug-likeness (QED) is 0.884. The number of rotatable bonds is 4. The van der Waals surface area contributed by atoms with Crippen LogP contribution in [0.25, 0.3) is 10.9 Å². The first-order chi connectivity index (χ1) is 9.10. The number of nitrogens with zero attached hydrogens (tertiary/aromatic N) is 1. The standard InChI is InChI=1S/C15H19N3O/c1-3-15(2,10-16)14(19)18-13-8-4-7-12-11(13)6-5-9-17-12/h4-9H,3,10,16H2,1-2H3,(H,18,19). The van der Waals surface area contributed by atoms with Gasteiger partial charge in [-0.2, -0.15) is 0 Å². The van der Waals surface area contributed by atoms with E-state index in [1.807, 2.05) is 44.2 Å². The fourth-order valence-corrected chi connectivity index (χ4v) is 1.88. The molecular formula is C15H19N3O. The van der Waals surface area contributed by atoms with E-state index >= 15 is 0 Å². The Balaban J connectivity index is 2.34. The number of benzene rings is 1. The first kappa shape index (κ1) is 13.5. The van der Waals surface area contributed by atoms with E-state index in [2.05, 4.69) is 10.3 Å². The van der Waals surface area contributed by atoms with Gasteiger partial charge in [0.25, 0.3) is 0 Å². The summed E-state index contributed by atoms with van der Waals surface area (Å²) in [6, 6.07) is 9.50. The van der Waals surface area contributed by atoms with E-state index in [0.29, 0.717) is 13.0 Å². The molecule has 0 saturated heterocycles. The predicted molar refractivity (Wildman–Crippen MR) is 77.8 cm³/mol. The van der Waals surface area contributed by atoms with E-state index < -0.39 is 5.41 Å². The number of carbonyl (C=O) groups excluding carboxylic acids is 1. The summed E-state index contributed by atoms with van der Waals surface area (Å²) in [5.74, 6) is -0.0474. The van der Waals surface area contributed by atoms with Crippen molar-refractivity contribution in [2.45, 2.75) is 20.3 Å². The average molecular weight is 257 g/mol. The Labute approximate surface area is 113 Å². The number of hydrogen-bond donors (Lipinski definition) is 2. The fourth-order valence-electron chi connectivity index (χ4n) is 1.88. The van der Waals surface area contributed by atoms with Crippen LogP contribution >= 0.6 is 0 Å². The largest absolute Gasteiger partial charge is 0.329 e. The number of carbonyl (C=O) groups is 1. The third-order valence-corrected chi connectivity index (χ3v) is 3.67. The zero-order valence-corrected chi connectivity index (χ0v) is 11.3. The van der Waals surface area contributed by atoms with Gasteiger partial charge >= 0.3 is 0 Å². The lowest BCUT2D eigenvalue weighted by Crippen LogP contribution is -2.39. The zero-order valence-electron chi connectivity index (χ0n) is 11.3. The Hall–Kier alpha value is -1.94. The molecular weight excluding hydrogens is 238 g/mol. The summed E-state index contributed by atoms with van der Waals surface area (Å²) < 4.78 is 0. The van der Waals surface area contributed by atoms with Gasteiger partial charge in [-0.1, -0.05) is 13.0 Å². The fraction of sp³-hybridized carbons (Fsp3) is 0.333. The molecule has 0 saturated carbocycles. The zero-order chi connectivity index (χ0) is 13.9. The van der Waals surface area contributed by atoms with Crippen molar-refractivity contribution < 1.29 is 4.79 Å². The van der Waals surface area contributed by atoms with E-state index in [1.165, 1.54) is 0 Å². The van der Waals surface area contributed by atoms with Crippen LogP contribution in [0.3, 0.4) is 0 Å². The molecule has 2 aromatic rings. The summed E-state index contributed by atoms with van der Waals surface area (Å²) in [7, 11) is 0. The third kappa shape index (κ3) is 2.58. The Kier molecular flexibility index (Phi) is 3.81. The number of hydrogen-bond acceptors (Lipinski definition) is 3. The van der Waals surface area contributed by atoms with Crippen LogP contribution in [-0.4, -0.2) is 17.4 Å². The van der Waals surface area contributed by atoms with Crippen LogP contribution in [0.5, 0.6) is 0 Å². The van der Waals surface area contributed by atoms with Crippen molar-refractivity contribution >= 4 is 22.5 Å². The monoisotopic (exact) mass is 257 g/mol. The topological polar surface area (TPSA) is 68.0 Å². The highest BCUT2D eigenvalue weighted by molar-refractivity contribution is 6.03. The molecule has 0 spiro atoms. The highest BCUT2D eigenvalue weighted by atomic mass is 16.2. The van der Waals surface area contributed by atoms with E-state index in [9.17, 15) is 4.79 Å². The third-order valence-electron chi connectivity index (χ3n) is 3.67. The summed E-state index contributed by atoms with van der Waals surface area (Å²) in [6.07, 6.45) is 2.45. The summed E-state index contributed by atoms with van der Waals surface area (Å²) in [4.78, 5) is 16.6. The molecule has 1 heterocycles. The maximum Gasteiger partial charge on any atom is 0.231 e. The van der Waals surface area contributed by atoms with Gasteiger partial charge in [-0.05, 0) is 37.6 Å². The van der Waals surface area contributed by atoms with Crippen molar-refractivity contribution in [3.8, 4) is 0 Å². The van der Waals surface area contributed by atoms with Crippen LogP contribution in [0.2, 0.25) is 0 Å². The van der Waals surface area contributed by atoms with E-state index in [1.54, 1.807) is 6.20 Å². The number of nitrogens with two attached hydrogens (primary N) is 1. The molecule has 100 valence electrons. The minimum absolute atomic E-state index is 0.0474. The smallest absolute Gasteiger partial charge is 0.231 e. The van der Waals surface area contributed by atoms with Crippen LogP contribution in [0.15, 0.2) is 36.5 Å². The molecule has 1 aromatic carbocycles. The van der Waals surface area contributed by atoms with Crippen molar-refractivity contribution in [2.24, 2.45) is 11.1 Å². The normalized spacial score (nSPS) is 14.1. The summed E-state index contributed by atoms with van der Waals surface area (Å²) in [5.41, 5.74) is 6.82. The van der Waals surface area contributed by atoms with E-state index in [0.717, 1.165) is 16.6 Å². The number of anilines is 1. The molecule has 2 rings (SSSR count). The molecule has 1 aromatic heterocycles. The molecule has 0 fully saturated rings. The molecule has 0 aliphatic heterocycles. The minimum atomic E-state index is -0.537. The summed E-state index contributed by atoms with van der Waals surface area (Å²) >= 11 is 0. The van der Waals surface area contributed by atoms with Crippen molar-refractivity contribution in [3.63, 3.8) is 0 Å². The highest BCUT2D eigenvalue weighted by Gasteiger charge is 2.29. The molecule has 0 aliphatic carbocycles. The Morgan fingerprint density at radius 3 is 2.84 bits per heavy atom. The SMILES string of the molecule is CCC(C)(CN)C(=O)Nc1cccc2ncccc12. The summed E-state index contributed by atoms with van der Waals surface area (Å²) in [5, 5.41) is 3.91. The van der Waals surface area contributed by atoms with Crippen LogP contribution in [0, 0.1) is 5.41 Å². The molecule has 0 radical (unpaired) electrons. The highest BCUT2D eigenvalue weighted by Crippen LogP contribution is 2.26. The Morgan fingerprint density at radius 2 is 2.16 bits per heavy atom. The maximum absolute atomic E-state index is 12.3. The molecule has 1 unspecified atom stereocenters. The second kappa shape index (κ2) is 5.36. The van der Waals surface area contributed by atoms with Gasteiger partial charge < -0.3 is 11.1 Å². The molecule has 3 N–H and O–H groups in total. The van der Waals surface area contributed by atoms with Crippen molar-refractivity contribution in [1.82, 2.24) is 4.98 Å². The Morgan fingerprint density at radius 1 is 1.37 bits per heavy atom. The molecule has 0 aliphatic rings. The second-order valence-electron chi connectivity index (χ2n) is 4.95. The van der Waals surface area contributed by atoms with Gasteiger partial charge in [0.15, 0.2) is 0 Å². The lowest BCUT2D eigenvalue weighted by Gasteiger charge is -2.25. The van der Waals surface area contributed by atoms with Crippen LogP contribution in [0.4, 0.5) is 5.69 Å². The van der Waals surface area contributed by atoms with Crippen molar-refractivity contribution in [1.29, 1.82) is 0 Å². The number of fused-ring (bicyclic) bond motifs is 1. The van der Waals surface area contributed by atoms with Crippen molar-refractivity contribution in [3.05, 3.63) is 36.5 Å². The van der Waals surface area contributed by atoms with Gasteiger partial charge in [0.05, 0.1) is 16.6 Å². The van der Waals surface area contributed by atoms with Gasteiger partial charge in [-0.25, -0.2) is 0 Å². The molecule has 1 amide bonds. The van der Waals surface area contributed by atoms with Gasteiger partial charge in [0.2, 0.25) is 5.91 Å². The lowest BCUT2D eigenvalue weighted by atomic mass is 9.86. The molecule has 0 bridgehead atoms. The van der Waals surface area contributed by atoms with Gasteiger partial charge in [-0.3, -0.25) is 9.78 Å². The maximum atomic E-state index is 12.3. The number of amides is 1. The van der Waals surface area contributed by atoms with Crippen molar-refractivity contribution in [2.75, 3.05) is 11.9 Å². The molecule has 1 atom stereocenters. The molecule has 4 nitrogen and oxygen atoms in total. The Bertz CT molecular complexity index is 585. The first-order valence-corrected chi connectivity index (χ1v) is 6.46. The van der Waals surface area contributed by atoms with Gasteiger partial charge in [0, 0.05) is 18.1 Å². The summed E-state index contributed by atoms with van der Waals surface area (Å²) in [6.45, 7) is 4.18. The van der Waals surface area contributed by atoms with E-state index in [-0.39, 0.29) is 5.91 Å². The lowest BCUT2D eigenvalue weighted by molar-refractivity contribution is -0.124. The molecule has 19 heavy (non-hydrogen) atoms. The first-order valence-electron chi connectivity index (χ1n) is 6.46. The number of pyridine rings is 1. The molecule has 4 heteroatoms.